The molecule has 0 N–H and O–H groups in total. The Morgan fingerprint density at radius 3 is 2.67 bits per heavy atom. The Morgan fingerprint density at radius 1 is 1.67 bits per heavy atom. The number of hydrogen-bond donors (Lipinski definition) is 0. The van der Waals surface area contributed by atoms with Crippen molar-refractivity contribution in [3.8, 4) is 0 Å². The molecule has 1 heteroatoms. The maximum Gasteiger partial charge on any atom is 0.0670 e. The SMILES string of the molecule is C=CC(CCCC)N=C. The van der Waals surface area contributed by atoms with Gasteiger partial charge in [0.15, 0.2) is 0 Å². The van der Waals surface area contributed by atoms with Crippen LogP contribution in [0.4, 0.5) is 0 Å². The van der Waals surface area contributed by atoms with Gasteiger partial charge in [-0.05, 0) is 13.1 Å². The van der Waals surface area contributed by atoms with Crippen molar-refractivity contribution in [1.29, 1.82) is 0 Å². The fourth-order valence-electron chi connectivity index (χ4n) is 0.697. The lowest BCUT2D eigenvalue weighted by atomic mass is 10.1. The molecule has 0 fully saturated rings. The fourth-order valence-corrected chi connectivity index (χ4v) is 0.697. The van der Waals surface area contributed by atoms with Crippen LogP contribution in [0.3, 0.4) is 0 Å². The molecule has 0 aliphatic rings. The first-order valence-corrected chi connectivity index (χ1v) is 3.43. The van der Waals surface area contributed by atoms with Crippen LogP contribution in [-0.2, 0) is 0 Å². The van der Waals surface area contributed by atoms with E-state index >= 15 is 0 Å². The lowest BCUT2D eigenvalue weighted by Gasteiger charge is -2.02. The van der Waals surface area contributed by atoms with E-state index in [1.54, 1.807) is 0 Å². The highest BCUT2D eigenvalue weighted by Gasteiger charge is 1.95. The third-order valence-corrected chi connectivity index (χ3v) is 1.36. The van der Waals surface area contributed by atoms with Crippen molar-refractivity contribution in [2.75, 3.05) is 0 Å². The highest BCUT2D eigenvalue weighted by Crippen LogP contribution is 2.03. The monoisotopic (exact) mass is 125 g/mol. The maximum atomic E-state index is 3.88. The molecule has 0 rings (SSSR count). The Morgan fingerprint density at radius 2 is 2.33 bits per heavy atom. The van der Waals surface area contributed by atoms with Crippen LogP contribution in [0, 0.1) is 0 Å². The second kappa shape index (κ2) is 5.54. The van der Waals surface area contributed by atoms with Crippen molar-refractivity contribution in [3.63, 3.8) is 0 Å². The van der Waals surface area contributed by atoms with E-state index in [9.17, 15) is 0 Å². The summed E-state index contributed by atoms with van der Waals surface area (Å²) in [5.74, 6) is 0. The zero-order chi connectivity index (χ0) is 7.11. The lowest BCUT2D eigenvalue weighted by Crippen LogP contribution is -1.97. The first kappa shape index (κ1) is 8.41. The zero-order valence-electron chi connectivity index (χ0n) is 6.14. The molecule has 1 nitrogen and oxygen atoms in total. The molecule has 0 spiro atoms. The van der Waals surface area contributed by atoms with Gasteiger partial charge >= 0.3 is 0 Å². The second-order valence-corrected chi connectivity index (χ2v) is 2.13. The smallest absolute Gasteiger partial charge is 0.0670 e. The standard InChI is InChI=1S/C8H15N/c1-4-6-7-8(5-2)9-3/h5,8H,2-4,6-7H2,1H3. The number of aliphatic imine (C=N–C) groups is 1. The fraction of sp³-hybridized carbons (Fsp3) is 0.625. The molecule has 52 valence electrons. The summed E-state index contributed by atoms with van der Waals surface area (Å²) in [4.78, 5) is 3.88. The van der Waals surface area contributed by atoms with Gasteiger partial charge in [-0.15, -0.1) is 6.58 Å². The van der Waals surface area contributed by atoms with Crippen molar-refractivity contribution in [2.45, 2.75) is 32.2 Å². The van der Waals surface area contributed by atoms with Gasteiger partial charge in [0.05, 0.1) is 6.04 Å². The van der Waals surface area contributed by atoms with Gasteiger partial charge in [-0.2, -0.15) is 0 Å². The van der Waals surface area contributed by atoms with Crippen LogP contribution in [0.15, 0.2) is 17.6 Å². The van der Waals surface area contributed by atoms with Crippen LogP contribution in [0.5, 0.6) is 0 Å². The van der Waals surface area contributed by atoms with Crippen molar-refractivity contribution in [3.05, 3.63) is 12.7 Å². The Bertz CT molecular complexity index is 78.6. The Labute approximate surface area is 57.5 Å². The molecule has 0 amide bonds. The van der Waals surface area contributed by atoms with Crippen LogP contribution >= 0.6 is 0 Å². The summed E-state index contributed by atoms with van der Waals surface area (Å²) in [6.07, 6.45) is 5.39. The zero-order valence-corrected chi connectivity index (χ0v) is 6.14. The molecular formula is C8H15N. The van der Waals surface area contributed by atoms with E-state index in [4.69, 9.17) is 0 Å². The van der Waals surface area contributed by atoms with E-state index in [1.165, 1.54) is 12.8 Å². The molecule has 0 aliphatic carbocycles. The molecule has 0 aromatic heterocycles. The summed E-state index contributed by atoms with van der Waals surface area (Å²) in [5, 5.41) is 0. The number of rotatable bonds is 5. The van der Waals surface area contributed by atoms with E-state index in [-0.39, 0.29) is 6.04 Å². The first-order chi connectivity index (χ1) is 4.35. The first-order valence-electron chi connectivity index (χ1n) is 3.43. The molecule has 9 heavy (non-hydrogen) atoms. The van der Waals surface area contributed by atoms with Crippen molar-refractivity contribution in [1.82, 2.24) is 0 Å². The van der Waals surface area contributed by atoms with Crippen molar-refractivity contribution < 1.29 is 0 Å². The minimum Gasteiger partial charge on any atom is -0.294 e. The molecule has 0 aromatic carbocycles. The van der Waals surface area contributed by atoms with Crippen LogP contribution in [0.2, 0.25) is 0 Å². The quantitative estimate of drug-likeness (QED) is 0.395. The third-order valence-electron chi connectivity index (χ3n) is 1.36. The molecule has 0 heterocycles. The highest BCUT2D eigenvalue weighted by molar-refractivity contribution is 5.25. The summed E-state index contributed by atoms with van der Waals surface area (Å²) >= 11 is 0. The number of unbranched alkanes of at least 4 members (excludes halogenated alkanes) is 1. The lowest BCUT2D eigenvalue weighted by molar-refractivity contribution is 0.660. The summed E-state index contributed by atoms with van der Waals surface area (Å²) < 4.78 is 0. The van der Waals surface area contributed by atoms with Gasteiger partial charge in [-0.25, -0.2) is 0 Å². The van der Waals surface area contributed by atoms with Crippen LogP contribution in [0.25, 0.3) is 0 Å². The highest BCUT2D eigenvalue weighted by atomic mass is 14.7. The van der Waals surface area contributed by atoms with Crippen LogP contribution in [0.1, 0.15) is 26.2 Å². The average Bonchev–Trinajstić information content (AvgIpc) is 1.91. The summed E-state index contributed by atoms with van der Waals surface area (Å²) in [6, 6.07) is 0.282. The minimum absolute atomic E-state index is 0.282. The molecular weight excluding hydrogens is 110 g/mol. The molecule has 0 saturated heterocycles. The molecule has 0 radical (unpaired) electrons. The molecule has 0 aliphatic heterocycles. The van der Waals surface area contributed by atoms with Gasteiger partial charge in [-0.1, -0.05) is 25.8 Å². The molecule has 0 aromatic rings. The summed E-state index contributed by atoms with van der Waals surface area (Å²) in [6.45, 7) is 9.28. The Balaban J connectivity index is 3.30. The minimum atomic E-state index is 0.282. The number of nitrogens with zero attached hydrogens (tertiary/aromatic N) is 1. The normalized spacial score (nSPS) is 12.6. The Hall–Kier alpha value is -0.590. The van der Waals surface area contributed by atoms with E-state index in [2.05, 4.69) is 25.2 Å². The molecule has 1 unspecified atom stereocenters. The van der Waals surface area contributed by atoms with E-state index in [0.717, 1.165) is 6.42 Å². The predicted molar refractivity (Wildman–Crippen MR) is 43.1 cm³/mol. The number of hydrogen-bond acceptors (Lipinski definition) is 1. The topological polar surface area (TPSA) is 12.4 Å². The van der Waals surface area contributed by atoms with Crippen molar-refractivity contribution in [2.24, 2.45) is 4.99 Å². The van der Waals surface area contributed by atoms with Gasteiger partial charge in [-0.3, -0.25) is 4.99 Å². The predicted octanol–water partition coefficient (Wildman–Crippen LogP) is 2.43. The van der Waals surface area contributed by atoms with Crippen LogP contribution in [-0.4, -0.2) is 12.8 Å². The van der Waals surface area contributed by atoms with Gasteiger partial charge in [0.2, 0.25) is 0 Å². The van der Waals surface area contributed by atoms with Gasteiger partial charge in [0.1, 0.15) is 0 Å². The second-order valence-electron chi connectivity index (χ2n) is 2.13. The van der Waals surface area contributed by atoms with Gasteiger partial charge in [0.25, 0.3) is 0 Å². The van der Waals surface area contributed by atoms with E-state index in [0.29, 0.717) is 0 Å². The largest absolute Gasteiger partial charge is 0.294 e. The van der Waals surface area contributed by atoms with Crippen LogP contribution < -0.4 is 0 Å². The van der Waals surface area contributed by atoms with E-state index in [1.807, 2.05) is 6.08 Å². The Kier molecular flexibility index (Phi) is 5.18. The van der Waals surface area contributed by atoms with E-state index < -0.39 is 0 Å². The molecule has 0 bridgehead atoms. The average molecular weight is 125 g/mol. The van der Waals surface area contributed by atoms with Gasteiger partial charge < -0.3 is 0 Å². The summed E-state index contributed by atoms with van der Waals surface area (Å²) in [7, 11) is 0. The molecule has 1 atom stereocenters. The maximum absolute atomic E-state index is 3.88. The molecule has 0 saturated carbocycles. The summed E-state index contributed by atoms with van der Waals surface area (Å²) in [5.41, 5.74) is 0. The van der Waals surface area contributed by atoms with Crippen molar-refractivity contribution >= 4 is 6.72 Å². The van der Waals surface area contributed by atoms with Gasteiger partial charge in [0, 0.05) is 0 Å². The third kappa shape index (κ3) is 3.95.